The van der Waals surface area contributed by atoms with E-state index >= 15 is 0 Å². The number of esters is 1. The van der Waals surface area contributed by atoms with Crippen LogP contribution in [0.5, 0.6) is 0 Å². The molecular formula is C50H65N9O9S. The van der Waals surface area contributed by atoms with E-state index in [9.17, 15) is 29.1 Å². The molecule has 8 rings (SSSR count). The number of likely N-dealkylation sites (tertiary alicyclic amines) is 1. The van der Waals surface area contributed by atoms with Gasteiger partial charge in [0.25, 0.3) is 5.91 Å². The second kappa shape index (κ2) is 19.9. The first kappa shape index (κ1) is 49.7. The highest BCUT2D eigenvalue weighted by molar-refractivity contribution is 7.10. The van der Waals surface area contributed by atoms with Gasteiger partial charge in [0.2, 0.25) is 17.5 Å². The summed E-state index contributed by atoms with van der Waals surface area (Å²) in [7, 11) is 3.21. The Kier molecular flexibility index (Phi) is 14.4. The molecule has 0 saturated carbocycles. The Balaban J connectivity index is 1.15. The van der Waals surface area contributed by atoms with Gasteiger partial charge < -0.3 is 43.9 Å². The molecule has 19 heteroatoms. The number of pyridine rings is 1. The number of ether oxygens (including phenoxy) is 3. The van der Waals surface area contributed by atoms with Crippen LogP contribution in [0.2, 0.25) is 0 Å². The van der Waals surface area contributed by atoms with Crippen molar-refractivity contribution in [2.45, 2.75) is 110 Å². The van der Waals surface area contributed by atoms with Gasteiger partial charge in [-0.05, 0) is 68.5 Å². The molecule has 0 radical (unpaired) electrons. The highest BCUT2D eigenvalue weighted by Crippen LogP contribution is 2.42. The lowest BCUT2D eigenvalue weighted by molar-refractivity contribution is -0.189. The number of likely N-dealkylation sites (N-methyl/N-ethyl adjacent to an activating group) is 1. The van der Waals surface area contributed by atoms with Crippen molar-refractivity contribution in [3.05, 3.63) is 70.8 Å². The Morgan fingerprint density at radius 1 is 1.16 bits per heavy atom. The van der Waals surface area contributed by atoms with E-state index in [1.807, 2.05) is 52.1 Å². The second-order valence-electron chi connectivity index (χ2n) is 19.7. The molecule has 4 aliphatic rings. The smallest absolute Gasteiger partial charge is 0.355 e. The number of benzene rings is 1. The van der Waals surface area contributed by atoms with Gasteiger partial charge >= 0.3 is 12.0 Å². The van der Waals surface area contributed by atoms with Crippen molar-refractivity contribution >= 4 is 52.0 Å². The Labute approximate surface area is 406 Å². The number of aromatic nitrogens is 3. The molecule has 6 bridgehead atoms. The molecule has 1 aromatic carbocycles. The van der Waals surface area contributed by atoms with Crippen molar-refractivity contribution < 1.29 is 43.3 Å². The molecule has 4 aliphatic heterocycles. The zero-order valence-corrected chi connectivity index (χ0v) is 41.6. The van der Waals surface area contributed by atoms with Crippen molar-refractivity contribution in [2.75, 3.05) is 53.6 Å². The molecule has 7 heterocycles. The summed E-state index contributed by atoms with van der Waals surface area (Å²) in [5, 5.41) is 19.5. The third kappa shape index (κ3) is 9.76. The number of cyclic esters (lactones) is 1. The molecule has 6 atom stereocenters. The van der Waals surface area contributed by atoms with E-state index in [0.29, 0.717) is 36.8 Å². The summed E-state index contributed by atoms with van der Waals surface area (Å²) in [4.78, 5) is 84.7. The molecular weight excluding hydrogens is 903 g/mol. The summed E-state index contributed by atoms with van der Waals surface area (Å²) >= 11 is 1.35. The molecule has 18 nitrogen and oxygen atoms in total. The zero-order chi connectivity index (χ0) is 49.5. The van der Waals surface area contributed by atoms with Crippen molar-refractivity contribution in [3.63, 3.8) is 0 Å². The van der Waals surface area contributed by atoms with Crippen LogP contribution in [0.3, 0.4) is 0 Å². The van der Waals surface area contributed by atoms with Crippen LogP contribution in [0.25, 0.3) is 33.4 Å². The van der Waals surface area contributed by atoms with Gasteiger partial charge in [0.05, 0.1) is 60.1 Å². The number of fused-ring (bicyclic) bond motifs is 7. The number of urea groups is 1. The van der Waals surface area contributed by atoms with E-state index in [4.69, 9.17) is 24.2 Å². The van der Waals surface area contributed by atoms with Crippen LogP contribution < -0.4 is 10.7 Å². The Morgan fingerprint density at radius 2 is 1.94 bits per heavy atom. The van der Waals surface area contributed by atoms with Gasteiger partial charge in [0.1, 0.15) is 12.1 Å². The maximum Gasteiger partial charge on any atom is 0.355 e. The molecule has 3 N–H and O–H groups in total. The number of methoxy groups -OCH3 is 1. The minimum absolute atomic E-state index is 0.0214. The van der Waals surface area contributed by atoms with Crippen LogP contribution in [0.4, 0.5) is 4.79 Å². The molecule has 0 aliphatic carbocycles. The number of thiazole rings is 1. The first-order valence-electron chi connectivity index (χ1n) is 23.8. The summed E-state index contributed by atoms with van der Waals surface area (Å²) in [6.45, 7) is 17.3. The summed E-state index contributed by atoms with van der Waals surface area (Å²) in [5.74, 6) is -2.74. The topological polar surface area (TPSA) is 201 Å². The summed E-state index contributed by atoms with van der Waals surface area (Å²) in [6.07, 6.45) is 3.03. The third-order valence-electron chi connectivity index (χ3n) is 13.9. The monoisotopic (exact) mass is 967 g/mol. The number of morpholine rings is 1. The Bertz CT molecular complexity index is 2630. The number of nitrogens with one attached hydrogen (secondary N) is 2. The molecule has 3 saturated heterocycles. The van der Waals surface area contributed by atoms with Crippen LogP contribution in [0.15, 0.2) is 54.6 Å². The Morgan fingerprint density at radius 3 is 2.67 bits per heavy atom. The van der Waals surface area contributed by atoms with Gasteiger partial charge in [-0.1, -0.05) is 40.3 Å². The normalized spacial score (nSPS) is 23.8. The molecule has 3 fully saturated rings. The van der Waals surface area contributed by atoms with Crippen molar-refractivity contribution in [3.8, 4) is 22.5 Å². The van der Waals surface area contributed by atoms with E-state index < -0.39 is 53.0 Å². The number of hydrogen-bond acceptors (Lipinski definition) is 13. The van der Waals surface area contributed by atoms with E-state index in [1.54, 1.807) is 30.2 Å². The van der Waals surface area contributed by atoms with Crippen LogP contribution in [0, 0.1) is 11.3 Å². The lowest BCUT2D eigenvalue weighted by atomic mass is 9.84. The number of rotatable bonds is 9. The predicted molar refractivity (Wildman–Crippen MR) is 259 cm³/mol. The van der Waals surface area contributed by atoms with Gasteiger partial charge in [0, 0.05) is 92.2 Å². The maximum absolute atomic E-state index is 14.7. The molecule has 4 aromatic rings. The molecule has 3 aromatic heterocycles. The maximum atomic E-state index is 14.7. The fraction of sp³-hybridized carbons (Fsp3) is 0.540. The number of carbonyl (C=O) groups is 5. The minimum atomic E-state index is -2.24. The lowest BCUT2D eigenvalue weighted by Crippen LogP contribution is -2.67. The first-order chi connectivity index (χ1) is 32.9. The SMILES string of the molecule is C=CC(=O)N1CCO[C@H]2CN(C(=O)N(C)[C@H](C(=O)N[C@H]3Cc4nc(cs4)-c4ccc5c(c4)c(c(-c4cccnc4[C@H](C)OC)n5CC)CC(C)(C)COC(=O)[C@@]4(O)CCCN(N4)C3=O)C(C)C)C[C@@H]21. The van der Waals surface area contributed by atoms with E-state index in [2.05, 4.69) is 47.0 Å². The average Bonchev–Trinajstić information content (AvgIpc) is 4.07. The summed E-state index contributed by atoms with van der Waals surface area (Å²) in [6, 6.07) is 7.20. The van der Waals surface area contributed by atoms with Gasteiger partial charge in [-0.25, -0.2) is 14.6 Å². The van der Waals surface area contributed by atoms with Gasteiger partial charge in [0.15, 0.2) is 0 Å². The predicted octanol–water partition coefficient (Wildman–Crippen LogP) is 4.70. The van der Waals surface area contributed by atoms with Gasteiger partial charge in [-0.15, -0.1) is 11.3 Å². The zero-order valence-electron chi connectivity index (χ0n) is 40.8. The van der Waals surface area contributed by atoms with Gasteiger partial charge in [-0.3, -0.25) is 24.4 Å². The van der Waals surface area contributed by atoms with Gasteiger partial charge in [-0.2, -0.15) is 5.43 Å². The molecule has 69 heavy (non-hydrogen) atoms. The number of aryl methyl sites for hydroxylation is 1. The number of carbonyl (C=O) groups excluding carboxylic acids is 5. The fourth-order valence-corrected chi connectivity index (χ4v) is 11.2. The van der Waals surface area contributed by atoms with Crippen LogP contribution in [-0.2, 0) is 52.8 Å². The van der Waals surface area contributed by atoms with E-state index in [-0.39, 0.29) is 69.7 Å². The van der Waals surface area contributed by atoms with Crippen molar-refractivity contribution in [2.24, 2.45) is 11.3 Å². The summed E-state index contributed by atoms with van der Waals surface area (Å²) in [5.41, 5.74) is 6.16. The molecule has 5 amide bonds. The fourth-order valence-electron chi connectivity index (χ4n) is 10.4. The highest BCUT2D eigenvalue weighted by atomic mass is 32.1. The van der Waals surface area contributed by atoms with Crippen LogP contribution in [-0.4, -0.2) is 153 Å². The number of hydrogen-bond donors (Lipinski definition) is 3. The number of nitrogens with zero attached hydrogens (tertiary/aromatic N) is 7. The molecule has 0 spiro atoms. The quantitative estimate of drug-likeness (QED) is 0.155. The van der Waals surface area contributed by atoms with Crippen LogP contribution >= 0.6 is 11.3 Å². The molecule has 370 valence electrons. The highest BCUT2D eigenvalue weighted by Gasteiger charge is 2.47. The molecule has 0 unspecified atom stereocenters. The number of amides is 5. The number of hydrazine groups is 1. The van der Waals surface area contributed by atoms with Crippen molar-refractivity contribution in [1.29, 1.82) is 0 Å². The minimum Gasteiger partial charge on any atom is -0.462 e. The second-order valence-corrected chi connectivity index (χ2v) is 20.6. The van der Waals surface area contributed by atoms with E-state index in [1.165, 1.54) is 27.3 Å². The van der Waals surface area contributed by atoms with E-state index in [0.717, 1.165) is 39.0 Å². The lowest BCUT2D eigenvalue weighted by Gasteiger charge is -2.40. The largest absolute Gasteiger partial charge is 0.462 e. The Hall–Kier alpha value is -5.73. The summed E-state index contributed by atoms with van der Waals surface area (Å²) < 4.78 is 20.0. The number of aliphatic hydroxyl groups is 1. The van der Waals surface area contributed by atoms with Crippen molar-refractivity contribution in [1.82, 2.24) is 45.0 Å². The first-order valence-corrected chi connectivity index (χ1v) is 24.7. The third-order valence-corrected chi connectivity index (χ3v) is 14.8. The standard InChI is InChI=1S/C50H65N9O9S/c1-10-41(60)58-20-21-67-39-26-56(25-38(39)58)48(64)55(8)43(29(3)4)45(61)53-35-23-40-52-36(27-69-40)31-15-16-37-33(22-31)34(44(57(37)11-2)32-14-12-18-51-42(32)30(5)66-9)24-49(6,7)28-68-47(63)50(65)17-13-19-59(54-50)46(35)62/h10,12,14-16,18,22,27,29-30,35,38-39,43,54,65H,1,11,13,17,19-21,23-26,28H2,2-9H3,(H,53,61)/t30-,35-,38-,39-,43-,50-/m0/s1. The average molecular weight is 968 g/mol. The van der Waals surface area contributed by atoms with Crippen LogP contribution in [0.1, 0.15) is 76.8 Å².